The van der Waals surface area contributed by atoms with Crippen LogP contribution in [-0.4, -0.2) is 49.7 Å². The van der Waals surface area contributed by atoms with Gasteiger partial charge in [-0.15, -0.1) is 0 Å². The lowest BCUT2D eigenvalue weighted by Gasteiger charge is -2.30. The van der Waals surface area contributed by atoms with Gasteiger partial charge in [-0.25, -0.2) is 0 Å². The molecule has 2 rings (SSSR count). The lowest BCUT2D eigenvalue weighted by molar-refractivity contribution is -0.121. The molecule has 1 aromatic carbocycles. The van der Waals surface area contributed by atoms with Crippen molar-refractivity contribution in [2.45, 2.75) is 13.0 Å². The highest BCUT2D eigenvalue weighted by molar-refractivity contribution is 5.97. The third-order valence-electron chi connectivity index (χ3n) is 3.14. The second kappa shape index (κ2) is 6.04. The number of carbonyl (C=O) groups is 1. The molecule has 0 fully saturated rings. The number of carbonyl (C=O) groups excluding carboxylic acids is 1. The van der Waals surface area contributed by atoms with E-state index in [0.29, 0.717) is 12.3 Å². The van der Waals surface area contributed by atoms with E-state index in [2.05, 4.69) is 4.90 Å². The summed E-state index contributed by atoms with van der Waals surface area (Å²) < 4.78 is 5.42. The summed E-state index contributed by atoms with van der Waals surface area (Å²) >= 11 is 0. The molecule has 0 spiro atoms. The van der Waals surface area contributed by atoms with Gasteiger partial charge in [-0.2, -0.15) is 0 Å². The SMILES string of the molecule is CN(C)CCCN1C(=O)COc2cc(CO)ccc21. The summed E-state index contributed by atoms with van der Waals surface area (Å²) in [4.78, 5) is 15.8. The zero-order chi connectivity index (χ0) is 13.8. The minimum absolute atomic E-state index is 0.0111. The Morgan fingerprint density at radius 3 is 2.89 bits per heavy atom. The van der Waals surface area contributed by atoms with Crippen molar-refractivity contribution >= 4 is 11.6 Å². The van der Waals surface area contributed by atoms with Crippen molar-refractivity contribution in [3.8, 4) is 5.75 Å². The third kappa shape index (κ3) is 3.24. The standard InChI is InChI=1S/C14H20N2O3/c1-15(2)6-3-7-16-12-5-4-11(9-17)8-13(12)19-10-14(16)18/h4-5,8,17H,3,6-7,9-10H2,1-2H3. The molecule has 1 N–H and O–H groups in total. The van der Waals surface area contributed by atoms with Gasteiger partial charge in [0, 0.05) is 6.54 Å². The monoisotopic (exact) mass is 264 g/mol. The maximum absolute atomic E-state index is 11.9. The summed E-state index contributed by atoms with van der Waals surface area (Å²) in [5.41, 5.74) is 1.59. The van der Waals surface area contributed by atoms with Gasteiger partial charge in [0.25, 0.3) is 5.91 Å². The van der Waals surface area contributed by atoms with Crippen LogP contribution >= 0.6 is 0 Å². The Morgan fingerprint density at radius 2 is 2.21 bits per heavy atom. The van der Waals surface area contributed by atoms with Crippen molar-refractivity contribution in [3.05, 3.63) is 23.8 Å². The molecular weight excluding hydrogens is 244 g/mol. The van der Waals surface area contributed by atoms with Crippen LogP contribution in [0.1, 0.15) is 12.0 Å². The predicted molar refractivity (Wildman–Crippen MR) is 73.4 cm³/mol. The maximum Gasteiger partial charge on any atom is 0.265 e. The van der Waals surface area contributed by atoms with Crippen molar-refractivity contribution in [2.24, 2.45) is 0 Å². The van der Waals surface area contributed by atoms with Crippen molar-refractivity contribution in [1.29, 1.82) is 0 Å². The van der Waals surface area contributed by atoms with Gasteiger partial charge in [-0.3, -0.25) is 4.79 Å². The van der Waals surface area contributed by atoms with Crippen molar-refractivity contribution in [1.82, 2.24) is 4.90 Å². The number of benzene rings is 1. The molecular formula is C14H20N2O3. The Bertz CT molecular complexity index is 460. The van der Waals surface area contributed by atoms with E-state index in [9.17, 15) is 4.79 Å². The lowest BCUT2D eigenvalue weighted by atomic mass is 10.1. The van der Waals surface area contributed by atoms with Crippen molar-refractivity contribution < 1.29 is 14.6 Å². The zero-order valence-electron chi connectivity index (χ0n) is 11.4. The number of aliphatic hydroxyl groups is 1. The average molecular weight is 264 g/mol. The molecule has 1 aromatic rings. The Hall–Kier alpha value is -1.59. The summed E-state index contributed by atoms with van der Waals surface area (Å²) in [5.74, 6) is 0.666. The average Bonchev–Trinajstić information content (AvgIpc) is 2.40. The van der Waals surface area contributed by atoms with E-state index in [-0.39, 0.29) is 19.1 Å². The first-order valence-corrected chi connectivity index (χ1v) is 6.43. The number of hydrogen-bond donors (Lipinski definition) is 1. The fourth-order valence-corrected chi connectivity index (χ4v) is 2.14. The van der Waals surface area contributed by atoms with Gasteiger partial charge >= 0.3 is 0 Å². The van der Waals surface area contributed by atoms with Crippen LogP contribution in [0.4, 0.5) is 5.69 Å². The van der Waals surface area contributed by atoms with Crippen molar-refractivity contribution in [3.63, 3.8) is 0 Å². The second-order valence-corrected chi connectivity index (χ2v) is 4.95. The molecule has 0 unspecified atom stereocenters. The first kappa shape index (κ1) is 13.8. The summed E-state index contributed by atoms with van der Waals surface area (Å²) in [7, 11) is 4.03. The molecule has 5 nitrogen and oxygen atoms in total. The fourth-order valence-electron chi connectivity index (χ4n) is 2.14. The quantitative estimate of drug-likeness (QED) is 0.857. The molecule has 0 bridgehead atoms. The summed E-state index contributed by atoms with van der Waals surface area (Å²) in [6.45, 7) is 1.68. The zero-order valence-corrected chi connectivity index (χ0v) is 11.4. The van der Waals surface area contributed by atoms with Gasteiger partial charge < -0.3 is 19.6 Å². The van der Waals surface area contributed by atoms with Gasteiger partial charge in [-0.05, 0) is 44.8 Å². The lowest BCUT2D eigenvalue weighted by Crippen LogP contribution is -2.40. The number of hydrogen-bond acceptors (Lipinski definition) is 4. The van der Waals surface area contributed by atoms with Crippen LogP contribution in [0.15, 0.2) is 18.2 Å². The molecule has 0 saturated heterocycles. The Labute approximate surface area is 113 Å². The third-order valence-corrected chi connectivity index (χ3v) is 3.14. The maximum atomic E-state index is 11.9. The van der Waals surface area contributed by atoms with E-state index in [1.165, 1.54) is 0 Å². The number of ether oxygens (including phenoxy) is 1. The molecule has 19 heavy (non-hydrogen) atoms. The normalized spacial score (nSPS) is 14.5. The second-order valence-electron chi connectivity index (χ2n) is 4.95. The first-order chi connectivity index (χ1) is 9.11. The number of nitrogens with zero attached hydrogens (tertiary/aromatic N) is 2. The molecule has 104 valence electrons. The van der Waals surface area contributed by atoms with E-state index in [1.807, 2.05) is 26.2 Å². The summed E-state index contributed by atoms with van der Waals surface area (Å²) in [6, 6.07) is 5.45. The van der Waals surface area contributed by atoms with Crippen LogP contribution in [0.5, 0.6) is 5.75 Å². The predicted octanol–water partition coefficient (Wildman–Crippen LogP) is 0.856. The van der Waals surface area contributed by atoms with Gasteiger partial charge in [0.2, 0.25) is 0 Å². The summed E-state index contributed by atoms with van der Waals surface area (Å²) in [6.07, 6.45) is 0.917. The van der Waals surface area contributed by atoms with Crippen LogP contribution in [0.25, 0.3) is 0 Å². The Balaban J connectivity index is 2.13. The molecule has 1 heterocycles. The molecule has 0 aliphatic carbocycles. The van der Waals surface area contributed by atoms with Crippen LogP contribution in [-0.2, 0) is 11.4 Å². The first-order valence-electron chi connectivity index (χ1n) is 6.43. The molecule has 1 aliphatic rings. The van der Waals surface area contributed by atoms with Gasteiger partial charge in [0.1, 0.15) is 5.75 Å². The Morgan fingerprint density at radius 1 is 1.42 bits per heavy atom. The smallest absolute Gasteiger partial charge is 0.265 e. The van der Waals surface area contributed by atoms with Crippen LogP contribution in [0, 0.1) is 0 Å². The molecule has 1 aliphatic heterocycles. The molecule has 0 saturated carbocycles. The number of rotatable bonds is 5. The van der Waals surface area contributed by atoms with E-state index in [1.54, 1.807) is 11.0 Å². The Kier molecular flexibility index (Phi) is 4.39. The minimum atomic E-state index is -0.0226. The van der Waals surface area contributed by atoms with Gasteiger partial charge in [-0.1, -0.05) is 6.07 Å². The molecule has 5 heteroatoms. The topological polar surface area (TPSA) is 53.0 Å². The van der Waals surface area contributed by atoms with Gasteiger partial charge in [0.15, 0.2) is 6.61 Å². The summed E-state index contributed by atoms with van der Waals surface area (Å²) in [5, 5.41) is 9.12. The van der Waals surface area contributed by atoms with Crippen LogP contribution in [0.2, 0.25) is 0 Å². The van der Waals surface area contributed by atoms with E-state index < -0.39 is 0 Å². The van der Waals surface area contributed by atoms with Crippen LogP contribution < -0.4 is 9.64 Å². The highest BCUT2D eigenvalue weighted by Gasteiger charge is 2.25. The number of anilines is 1. The van der Waals surface area contributed by atoms with Crippen LogP contribution in [0.3, 0.4) is 0 Å². The molecule has 1 amide bonds. The highest BCUT2D eigenvalue weighted by atomic mass is 16.5. The number of aliphatic hydroxyl groups excluding tert-OH is 1. The van der Waals surface area contributed by atoms with Gasteiger partial charge in [0.05, 0.1) is 12.3 Å². The number of fused-ring (bicyclic) bond motifs is 1. The minimum Gasteiger partial charge on any atom is -0.482 e. The molecule has 0 atom stereocenters. The van der Waals surface area contributed by atoms with E-state index in [4.69, 9.17) is 9.84 Å². The molecule has 0 aromatic heterocycles. The largest absolute Gasteiger partial charge is 0.482 e. The highest BCUT2D eigenvalue weighted by Crippen LogP contribution is 2.33. The van der Waals surface area contributed by atoms with E-state index >= 15 is 0 Å². The van der Waals surface area contributed by atoms with Crippen molar-refractivity contribution in [2.75, 3.05) is 38.7 Å². The van der Waals surface area contributed by atoms with E-state index in [0.717, 1.165) is 24.2 Å². The fraction of sp³-hybridized carbons (Fsp3) is 0.500. The number of amides is 1. The molecule has 0 radical (unpaired) electrons.